The van der Waals surface area contributed by atoms with Crippen molar-refractivity contribution in [2.45, 2.75) is 6.61 Å². The van der Waals surface area contributed by atoms with E-state index in [0.29, 0.717) is 17.1 Å². The number of methoxy groups -OCH3 is 1. The second-order valence-corrected chi connectivity index (χ2v) is 4.64. The zero-order valence-electron chi connectivity index (χ0n) is 11.9. The van der Waals surface area contributed by atoms with E-state index in [1.807, 2.05) is 12.1 Å². The van der Waals surface area contributed by atoms with Gasteiger partial charge in [-0.1, -0.05) is 29.5 Å². The summed E-state index contributed by atoms with van der Waals surface area (Å²) in [7, 11) is 1.57. The third-order valence-corrected chi connectivity index (χ3v) is 3.31. The quantitative estimate of drug-likeness (QED) is 0.804. The van der Waals surface area contributed by atoms with E-state index in [1.165, 1.54) is 10.7 Å². The molecule has 6 heteroatoms. The lowest BCUT2D eigenvalue weighted by Gasteiger charge is -2.09. The molecule has 0 aliphatic rings. The fraction of sp³-hybridized carbons (Fsp3) is 0.125. The molecule has 0 atom stereocenters. The first kappa shape index (κ1) is 14.2. The number of ether oxygens (including phenoxy) is 1. The van der Waals surface area contributed by atoms with E-state index in [2.05, 4.69) is 10.3 Å². The molecule has 22 heavy (non-hydrogen) atoms. The predicted octanol–water partition coefficient (Wildman–Crippen LogP) is 2.57. The number of rotatable bonds is 4. The van der Waals surface area contributed by atoms with Gasteiger partial charge in [-0.2, -0.15) is 0 Å². The van der Waals surface area contributed by atoms with Crippen molar-refractivity contribution in [1.82, 2.24) is 15.0 Å². The lowest BCUT2D eigenvalue weighted by atomic mass is 10.1. The van der Waals surface area contributed by atoms with Crippen molar-refractivity contribution in [2.75, 3.05) is 7.11 Å². The lowest BCUT2D eigenvalue weighted by Crippen LogP contribution is -2.03. The van der Waals surface area contributed by atoms with Gasteiger partial charge in [0.2, 0.25) is 0 Å². The van der Waals surface area contributed by atoms with Gasteiger partial charge in [-0.3, -0.25) is 0 Å². The van der Waals surface area contributed by atoms with Gasteiger partial charge in [-0.05, 0) is 24.3 Å². The molecular weight excluding hydrogens is 285 g/mol. The van der Waals surface area contributed by atoms with Crippen LogP contribution in [0.25, 0.3) is 16.9 Å². The highest BCUT2D eigenvalue weighted by atomic mass is 19.1. The van der Waals surface area contributed by atoms with E-state index < -0.39 is 5.82 Å². The lowest BCUT2D eigenvalue weighted by molar-refractivity contribution is 0.277. The van der Waals surface area contributed by atoms with Crippen LogP contribution in [-0.2, 0) is 6.61 Å². The number of aliphatic hydroxyl groups excluding tert-OH is 1. The first-order valence-electron chi connectivity index (χ1n) is 6.69. The smallest absolute Gasteiger partial charge is 0.148 e. The molecule has 3 rings (SSSR count). The van der Waals surface area contributed by atoms with Gasteiger partial charge in [-0.15, -0.1) is 5.10 Å². The van der Waals surface area contributed by atoms with E-state index >= 15 is 0 Å². The second kappa shape index (κ2) is 5.95. The van der Waals surface area contributed by atoms with E-state index in [1.54, 1.807) is 37.4 Å². The van der Waals surface area contributed by atoms with Crippen LogP contribution < -0.4 is 4.74 Å². The summed E-state index contributed by atoms with van der Waals surface area (Å²) in [4.78, 5) is 0. The largest absolute Gasteiger partial charge is 0.497 e. The molecule has 0 radical (unpaired) electrons. The van der Waals surface area contributed by atoms with Gasteiger partial charge in [-0.25, -0.2) is 9.07 Å². The molecule has 2 aromatic carbocycles. The first-order valence-corrected chi connectivity index (χ1v) is 6.69. The number of para-hydroxylation sites is 1. The SMILES string of the molecule is COc1cccc(-c2c(CO)nnn2-c2ccccc2F)c1. The number of hydrogen-bond acceptors (Lipinski definition) is 4. The maximum Gasteiger partial charge on any atom is 0.148 e. The third-order valence-electron chi connectivity index (χ3n) is 3.31. The number of aliphatic hydroxyl groups is 1. The van der Waals surface area contributed by atoms with Crippen LogP contribution in [-0.4, -0.2) is 27.2 Å². The summed E-state index contributed by atoms with van der Waals surface area (Å²) in [6, 6.07) is 13.5. The van der Waals surface area contributed by atoms with Crippen molar-refractivity contribution in [1.29, 1.82) is 0 Å². The van der Waals surface area contributed by atoms with Gasteiger partial charge in [0, 0.05) is 5.56 Å². The first-order chi connectivity index (χ1) is 10.7. The number of benzene rings is 2. The monoisotopic (exact) mass is 299 g/mol. The highest BCUT2D eigenvalue weighted by Gasteiger charge is 2.18. The molecule has 0 saturated heterocycles. The Morgan fingerprint density at radius 2 is 2.00 bits per heavy atom. The molecule has 0 unspecified atom stereocenters. The Labute approximate surface area is 126 Å². The van der Waals surface area contributed by atoms with E-state index in [-0.39, 0.29) is 12.3 Å². The summed E-state index contributed by atoms with van der Waals surface area (Å²) < 4.78 is 20.6. The summed E-state index contributed by atoms with van der Waals surface area (Å²) in [5, 5.41) is 17.4. The second-order valence-electron chi connectivity index (χ2n) is 4.64. The van der Waals surface area contributed by atoms with E-state index in [9.17, 15) is 9.50 Å². The van der Waals surface area contributed by atoms with Gasteiger partial charge in [0.05, 0.1) is 13.7 Å². The molecule has 3 aromatic rings. The zero-order valence-corrected chi connectivity index (χ0v) is 11.9. The van der Waals surface area contributed by atoms with Gasteiger partial charge < -0.3 is 9.84 Å². The summed E-state index contributed by atoms with van der Waals surface area (Å²) >= 11 is 0. The molecule has 1 aromatic heterocycles. The van der Waals surface area contributed by atoms with Crippen LogP contribution >= 0.6 is 0 Å². The molecule has 0 aliphatic heterocycles. The molecule has 112 valence electrons. The fourth-order valence-corrected chi connectivity index (χ4v) is 2.27. The molecule has 1 N–H and O–H groups in total. The standard InChI is InChI=1S/C16H14FN3O2/c1-22-12-6-4-5-11(9-12)16-14(10-21)18-19-20(16)15-8-3-2-7-13(15)17/h2-9,21H,10H2,1H3. The predicted molar refractivity (Wildman–Crippen MR) is 79.2 cm³/mol. The van der Waals surface area contributed by atoms with Crippen LogP contribution in [0.1, 0.15) is 5.69 Å². The Kier molecular flexibility index (Phi) is 3.84. The van der Waals surface area contributed by atoms with Gasteiger partial charge in [0.25, 0.3) is 0 Å². The van der Waals surface area contributed by atoms with Gasteiger partial charge >= 0.3 is 0 Å². The molecule has 5 nitrogen and oxygen atoms in total. The number of nitrogens with zero attached hydrogens (tertiary/aromatic N) is 3. The Bertz CT molecular complexity index is 802. The van der Waals surface area contributed by atoms with Crippen LogP contribution in [0.2, 0.25) is 0 Å². The Balaban J connectivity index is 2.22. The van der Waals surface area contributed by atoms with Crippen molar-refractivity contribution < 1.29 is 14.2 Å². The summed E-state index contributed by atoms with van der Waals surface area (Å²) in [5.74, 6) is 0.240. The fourth-order valence-electron chi connectivity index (χ4n) is 2.27. The average Bonchev–Trinajstić information content (AvgIpc) is 2.99. The molecule has 1 heterocycles. The molecule has 0 aliphatic carbocycles. The normalized spacial score (nSPS) is 10.7. The van der Waals surface area contributed by atoms with Gasteiger partial charge in [0.15, 0.2) is 0 Å². The average molecular weight is 299 g/mol. The van der Waals surface area contributed by atoms with E-state index in [4.69, 9.17) is 4.74 Å². The van der Waals surface area contributed by atoms with E-state index in [0.717, 1.165) is 5.56 Å². The van der Waals surface area contributed by atoms with Crippen LogP contribution in [0.15, 0.2) is 48.5 Å². The Morgan fingerprint density at radius 1 is 1.18 bits per heavy atom. The number of halogens is 1. The highest BCUT2D eigenvalue weighted by molar-refractivity contribution is 5.66. The van der Waals surface area contributed by atoms with Crippen molar-refractivity contribution in [3.8, 4) is 22.7 Å². The Morgan fingerprint density at radius 3 is 2.73 bits per heavy atom. The summed E-state index contributed by atoms with van der Waals surface area (Å²) in [6.07, 6.45) is 0. The number of aromatic nitrogens is 3. The molecule has 0 bridgehead atoms. The maximum absolute atomic E-state index is 14.1. The summed E-state index contributed by atoms with van der Waals surface area (Å²) in [6.45, 7) is -0.291. The summed E-state index contributed by atoms with van der Waals surface area (Å²) in [5.41, 5.74) is 1.91. The topological polar surface area (TPSA) is 60.2 Å². The molecular formula is C16H14FN3O2. The van der Waals surface area contributed by atoms with Crippen molar-refractivity contribution in [2.24, 2.45) is 0 Å². The molecule has 0 spiro atoms. The minimum atomic E-state index is -0.416. The van der Waals surface area contributed by atoms with Crippen LogP contribution in [0.4, 0.5) is 4.39 Å². The van der Waals surface area contributed by atoms with Crippen molar-refractivity contribution in [3.05, 3.63) is 60.0 Å². The van der Waals surface area contributed by atoms with Crippen molar-refractivity contribution >= 4 is 0 Å². The van der Waals surface area contributed by atoms with Crippen molar-refractivity contribution in [3.63, 3.8) is 0 Å². The minimum absolute atomic E-state index is 0.271. The Hall–Kier alpha value is -2.73. The maximum atomic E-state index is 14.1. The molecule has 0 amide bonds. The van der Waals surface area contributed by atoms with Crippen LogP contribution in [0.5, 0.6) is 5.75 Å². The number of hydrogen-bond donors (Lipinski definition) is 1. The molecule has 0 saturated carbocycles. The highest BCUT2D eigenvalue weighted by Crippen LogP contribution is 2.28. The third kappa shape index (κ3) is 2.44. The molecule has 0 fully saturated rings. The van der Waals surface area contributed by atoms with Crippen LogP contribution in [0.3, 0.4) is 0 Å². The van der Waals surface area contributed by atoms with Gasteiger partial charge in [0.1, 0.15) is 28.6 Å². The zero-order chi connectivity index (χ0) is 15.5. The minimum Gasteiger partial charge on any atom is -0.497 e. The van der Waals surface area contributed by atoms with Crippen LogP contribution in [0, 0.1) is 5.82 Å².